The highest BCUT2D eigenvalue weighted by Gasteiger charge is 2.09. The molecule has 100 valence electrons. The van der Waals surface area contributed by atoms with Crippen molar-refractivity contribution in [1.29, 1.82) is 0 Å². The van der Waals surface area contributed by atoms with Gasteiger partial charge in [0.2, 0.25) is 0 Å². The number of para-hydroxylation sites is 1. The van der Waals surface area contributed by atoms with Crippen LogP contribution in [0.25, 0.3) is 5.69 Å². The lowest BCUT2D eigenvalue weighted by atomic mass is 10.3. The van der Waals surface area contributed by atoms with Crippen LogP contribution in [-0.2, 0) is 6.54 Å². The van der Waals surface area contributed by atoms with Gasteiger partial charge in [-0.05, 0) is 12.1 Å². The molecule has 0 spiro atoms. The summed E-state index contributed by atoms with van der Waals surface area (Å²) >= 11 is 0. The van der Waals surface area contributed by atoms with Gasteiger partial charge in [0, 0.05) is 11.8 Å². The summed E-state index contributed by atoms with van der Waals surface area (Å²) < 4.78 is 3.22. The van der Waals surface area contributed by atoms with E-state index in [1.165, 1.54) is 10.9 Å². The fraction of sp³-hybridized carbons (Fsp3) is 0.0769. The molecule has 20 heavy (non-hydrogen) atoms. The third kappa shape index (κ3) is 2.41. The Morgan fingerprint density at radius 1 is 1.20 bits per heavy atom. The summed E-state index contributed by atoms with van der Waals surface area (Å²) in [5, 5.41) is 20.4. The van der Waals surface area contributed by atoms with E-state index in [0.29, 0.717) is 6.54 Å². The molecule has 2 heterocycles. The number of hydrogen-bond acceptors (Lipinski definition) is 4. The molecule has 7 nitrogen and oxygen atoms in total. The van der Waals surface area contributed by atoms with Crippen LogP contribution in [0.2, 0.25) is 0 Å². The highest BCUT2D eigenvalue weighted by atomic mass is 16.4. The van der Waals surface area contributed by atoms with Crippen LogP contribution < -0.4 is 0 Å². The van der Waals surface area contributed by atoms with Gasteiger partial charge in [-0.15, -0.1) is 5.10 Å². The van der Waals surface area contributed by atoms with E-state index >= 15 is 0 Å². The molecule has 3 aromatic rings. The summed E-state index contributed by atoms with van der Waals surface area (Å²) in [6.07, 6.45) is 4.98. The Morgan fingerprint density at radius 2 is 2.00 bits per heavy atom. The number of rotatable bonds is 4. The van der Waals surface area contributed by atoms with Gasteiger partial charge in [0.05, 0.1) is 24.6 Å². The number of hydrogen-bond donors (Lipinski definition) is 1. The molecule has 0 saturated heterocycles. The molecule has 7 heteroatoms. The second-order valence-electron chi connectivity index (χ2n) is 4.24. The molecular formula is C13H11N5O2. The summed E-state index contributed by atoms with van der Waals surface area (Å²) in [5.74, 6) is -1.09. The molecule has 0 bridgehead atoms. The van der Waals surface area contributed by atoms with E-state index in [4.69, 9.17) is 5.11 Å². The third-order valence-corrected chi connectivity index (χ3v) is 2.76. The lowest BCUT2D eigenvalue weighted by Gasteiger charge is -1.99. The fourth-order valence-corrected chi connectivity index (χ4v) is 1.82. The topological polar surface area (TPSA) is 85.8 Å². The van der Waals surface area contributed by atoms with E-state index in [9.17, 15) is 4.79 Å². The van der Waals surface area contributed by atoms with Gasteiger partial charge in [0.1, 0.15) is 0 Å². The first-order valence-corrected chi connectivity index (χ1v) is 5.95. The predicted molar refractivity (Wildman–Crippen MR) is 69.6 cm³/mol. The largest absolute Gasteiger partial charge is 0.476 e. The van der Waals surface area contributed by atoms with Crippen LogP contribution in [0.1, 0.15) is 16.1 Å². The van der Waals surface area contributed by atoms with E-state index in [1.54, 1.807) is 10.9 Å². The minimum Gasteiger partial charge on any atom is -0.476 e. The van der Waals surface area contributed by atoms with Crippen LogP contribution in [0.5, 0.6) is 0 Å². The van der Waals surface area contributed by atoms with Gasteiger partial charge in [0.25, 0.3) is 0 Å². The Kier molecular flexibility index (Phi) is 3.00. The van der Waals surface area contributed by atoms with E-state index in [0.717, 1.165) is 11.3 Å². The van der Waals surface area contributed by atoms with E-state index in [-0.39, 0.29) is 5.69 Å². The molecule has 2 aromatic heterocycles. The van der Waals surface area contributed by atoms with Crippen molar-refractivity contribution in [2.24, 2.45) is 0 Å². The molecule has 1 N–H and O–H groups in total. The molecule has 0 aliphatic rings. The van der Waals surface area contributed by atoms with E-state index in [1.807, 2.05) is 36.5 Å². The molecule has 1 aromatic carbocycles. The average molecular weight is 269 g/mol. The van der Waals surface area contributed by atoms with Crippen molar-refractivity contribution in [2.75, 3.05) is 0 Å². The second kappa shape index (κ2) is 4.96. The summed E-state index contributed by atoms with van der Waals surface area (Å²) in [6, 6.07) is 9.72. The Bertz CT molecular complexity index is 732. The van der Waals surface area contributed by atoms with Crippen molar-refractivity contribution < 1.29 is 9.90 Å². The minimum atomic E-state index is -1.09. The maximum absolute atomic E-state index is 10.7. The second-order valence-corrected chi connectivity index (χ2v) is 4.24. The summed E-state index contributed by atoms with van der Waals surface area (Å²) in [5.41, 5.74) is 1.81. The maximum atomic E-state index is 10.7. The Hall–Kier alpha value is -2.96. The number of aromatic nitrogens is 5. The molecular weight excluding hydrogens is 258 g/mol. The SMILES string of the molecule is O=C(O)c1cn(Cc2cnn(-c3ccccc3)c2)nn1. The highest BCUT2D eigenvalue weighted by molar-refractivity contribution is 5.84. The number of nitrogens with zero attached hydrogens (tertiary/aromatic N) is 5. The van der Waals surface area contributed by atoms with E-state index in [2.05, 4.69) is 15.4 Å². The standard InChI is InChI=1S/C13H11N5O2/c19-13(20)12-9-17(16-15-12)7-10-6-14-18(8-10)11-4-2-1-3-5-11/h1-6,8-9H,7H2,(H,19,20). The summed E-state index contributed by atoms with van der Waals surface area (Å²) in [7, 11) is 0. The zero-order chi connectivity index (χ0) is 13.9. The molecule has 0 unspecified atom stereocenters. The smallest absolute Gasteiger partial charge is 0.358 e. The normalized spacial score (nSPS) is 10.6. The first kappa shape index (κ1) is 12.1. The predicted octanol–water partition coefficient (Wildman–Crippen LogP) is 1.21. The molecule has 3 rings (SSSR count). The first-order valence-electron chi connectivity index (χ1n) is 5.95. The molecule has 0 aliphatic heterocycles. The first-order chi connectivity index (χ1) is 9.72. The van der Waals surface area contributed by atoms with Crippen LogP contribution >= 0.6 is 0 Å². The Balaban J connectivity index is 1.78. The van der Waals surface area contributed by atoms with Crippen molar-refractivity contribution in [3.05, 3.63) is 60.2 Å². The van der Waals surface area contributed by atoms with Crippen LogP contribution in [0.15, 0.2) is 48.9 Å². The maximum Gasteiger partial charge on any atom is 0.358 e. The third-order valence-electron chi connectivity index (χ3n) is 2.76. The zero-order valence-corrected chi connectivity index (χ0v) is 10.4. The van der Waals surface area contributed by atoms with Gasteiger partial charge >= 0.3 is 5.97 Å². The van der Waals surface area contributed by atoms with Crippen LogP contribution in [-0.4, -0.2) is 35.9 Å². The zero-order valence-electron chi connectivity index (χ0n) is 10.4. The van der Waals surface area contributed by atoms with Crippen molar-refractivity contribution in [1.82, 2.24) is 24.8 Å². The summed E-state index contributed by atoms with van der Waals surface area (Å²) in [6.45, 7) is 0.424. The number of carboxylic acid groups (broad SMARTS) is 1. The number of carboxylic acids is 1. The van der Waals surface area contributed by atoms with Crippen molar-refractivity contribution >= 4 is 5.97 Å². The lowest BCUT2D eigenvalue weighted by molar-refractivity contribution is 0.0690. The van der Waals surface area contributed by atoms with Crippen molar-refractivity contribution in [3.8, 4) is 5.69 Å². The Morgan fingerprint density at radius 3 is 2.70 bits per heavy atom. The monoisotopic (exact) mass is 269 g/mol. The molecule has 0 atom stereocenters. The molecule has 0 radical (unpaired) electrons. The summed E-state index contributed by atoms with van der Waals surface area (Å²) in [4.78, 5) is 10.7. The van der Waals surface area contributed by atoms with Crippen LogP contribution in [0.3, 0.4) is 0 Å². The number of benzene rings is 1. The van der Waals surface area contributed by atoms with Crippen molar-refractivity contribution in [3.63, 3.8) is 0 Å². The van der Waals surface area contributed by atoms with Gasteiger partial charge in [-0.2, -0.15) is 5.10 Å². The Labute approximate surface area is 114 Å². The molecule has 0 amide bonds. The lowest BCUT2D eigenvalue weighted by Crippen LogP contribution is -2.00. The number of carbonyl (C=O) groups is 1. The quantitative estimate of drug-likeness (QED) is 0.769. The average Bonchev–Trinajstić information content (AvgIpc) is 3.10. The van der Waals surface area contributed by atoms with E-state index < -0.39 is 5.97 Å². The van der Waals surface area contributed by atoms with Gasteiger partial charge in [0.15, 0.2) is 5.69 Å². The minimum absolute atomic E-state index is 0.0690. The van der Waals surface area contributed by atoms with Gasteiger partial charge in [-0.25, -0.2) is 14.2 Å². The fourth-order valence-electron chi connectivity index (χ4n) is 1.82. The van der Waals surface area contributed by atoms with Crippen molar-refractivity contribution in [2.45, 2.75) is 6.54 Å². The molecule has 0 fully saturated rings. The highest BCUT2D eigenvalue weighted by Crippen LogP contribution is 2.08. The van der Waals surface area contributed by atoms with Crippen LogP contribution in [0, 0.1) is 0 Å². The number of aromatic carboxylic acids is 1. The molecule has 0 saturated carbocycles. The molecule has 0 aliphatic carbocycles. The van der Waals surface area contributed by atoms with Crippen LogP contribution in [0.4, 0.5) is 0 Å². The van der Waals surface area contributed by atoms with Gasteiger partial charge in [-0.1, -0.05) is 23.4 Å². The van der Waals surface area contributed by atoms with Gasteiger partial charge in [-0.3, -0.25) is 0 Å². The van der Waals surface area contributed by atoms with Gasteiger partial charge < -0.3 is 5.11 Å².